The molecule has 7 heteroatoms. The summed E-state index contributed by atoms with van der Waals surface area (Å²) in [5, 5.41) is 5.48. The standard InChI is InChI=1S/C18H28N4O2.ClH/c1-12(22-9-8-15(19)18(2,3)11-22)16(23)21-14-7-5-6-13(10-14)17(24)20-4;/h5-7,10,12,15H,8-9,11,19H2,1-4H3,(H,20,24)(H,21,23);1H. The van der Waals surface area contributed by atoms with Gasteiger partial charge in [0.2, 0.25) is 5.91 Å². The number of halogens is 1. The van der Waals surface area contributed by atoms with Gasteiger partial charge in [-0.05, 0) is 37.0 Å². The third-order valence-electron chi connectivity index (χ3n) is 4.89. The van der Waals surface area contributed by atoms with Crippen LogP contribution in [0.1, 0.15) is 37.6 Å². The first-order chi connectivity index (χ1) is 11.2. The van der Waals surface area contributed by atoms with Gasteiger partial charge in [0.1, 0.15) is 0 Å². The van der Waals surface area contributed by atoms with Crippen molar-refractivity contribution in [2.75, 3.05) is 25.5 Å². The van der Waals surface area contributed by atoms with Crippen LogP contribution in [0.5, 0.6) is 0 Å². The van der Waals surface area contributed by atoms with Crippen LogP contribution in [0.3, 0.4) is 0 Å². The minimum absolute atomic E-state index is 0. The molecule has 1 aliphatic heterocycles. The Bertz CT molecular complexity index is 621. The summed E-state index contributed by atoms with van der Waals surface area (Å²) in [6.45, 7) is 7.80. The van der Waals surface area contributed by atoms with Crippen molar-refractivity contribution in [3.8, 4) is 0 Å². The molecule has 1 aromatic rings. The van der Waals surface area contributed by atoms with Crippen LogP contribution in [0.2, 0.25) is 0 Å². The van der Waals surface area contributed by atoms with Crippen molar-refractivity contribution >= 4 is 29.9 Å². The highest BCUT2D eigenvalue weighted by atomic mass is 35.5. The second-order valence-electron chi connectivity index (χ2n) is 7.18. The van der Waals surface area contributed by atoms with E-state index in [1.54, 1.807) is 31.3 Å². The number of nitrogens with two attached hydrogens (primary N) is 1. The molecule has 2 atom stereocenters. The molecular weight excluding hydrogens is 340 g/mol. The van der Waals surface area contributed by atoms with Crippen molar-refractivity contribution in [2.45, 2.75) is 39.3 Å². The molecule has 2 amide bonds. The largest absolute Gasteiger partial charge is 0.355 e. The fourth-order valence-corrected chi connectivity index (χ4v) is 3.04. The maximum absolute atomic E-state index is 12.6. The Kier molecular flexibility index (Phi) is 7.41. The van der Waals surface area contributed by atoms with Gasteiger partial charge < -0.3 is 16.4 Å². The van der Waals surface area contributed by atoms with E-state index in [2.05, 4.69) is 29.4 Å². The van der Waals surface area contributed by atoms with Gasteiger partial charge in [0.05, 0.1) is 6.04 Å². The van der Waals surface area contributed by atoms with E-state index in [1.807, 2.05) is 6.92 Å². The molecule has 2 unspecified atom stereocenters. The van der Waals surface area contributed by atoms with Gasteiger partial charge in [-0.2, -0.15) is 0 Å². The van der Waals surface area contributed by atoms with Gasteiger partial charge in [0, 0.05) is 37.4 Å². The maximum Gasteiger partial charge on any atom is 0.251 e. The summed E-state index contributed by atoms with van der Waals surface area (Å²) in [7, 11) is 1.58. The molecule has 0 saturated carbocycles. The number of nitrogens with one attached hydrogen (secondary N) is 2. The quantitative estimate of drug-likeness (QED) is 0.756. The average molecular weight is 369 g/mol. The smallest absolute Gasteiger partial charge is 0.251 e. The minimum atomic E-state index is -0.250. The Labute approximate surface area is 155 Å². The average Bonchev–Trinajstić information content (AvgIpc) is 2.56. The molecule has 0 radical (unpaired) electrons. The zero-order chi connectivity index (χ0) is 17.9. The number of hydrogen-bond donors (Lipinski definition) is 3. The number of amides is 2. The monoisotopic (exact) mass is 368 g/mol. The maximum atomic E-state index is 12.6. The second kappa shape index (κ2) is 8.65. The Morgan fingerprint density at radius 3 is 2.64 bits per heavy atom. The van der Waals surface area contributed by atoms with Crippen molar-refractivity contribution in [3.63, 3.8) is 0 Å². The molecule has 25 heavy (non-hydrogen) atoms. The van der Waals surface area contributed by atoms with Gasteiger partial charge in [-0.15, -0.1) is 12.4 Å². The van der Waals surface area contributed by atoms with E-state index in [0.717, 1.165) is 19.5 Å². The highest BCUT2D eigenvalue weighted by Crippen LogP contribution is 2.29. The van der Waals surface area contributed by atoms with Crippen LogP contribution >= 0.6 is 12.4 Å². The van der Waals surface area contributed by atoms with E-state index in [-0.39, 0.29) is 41.7 Å². The van der Waals surface area contributed by atoms with Crippen LogP contribution < -0.4 is 16.4 Å². The Morgan fingerprint density at radius 1 is 1.36 bits per heavy atom. The van der Waals surface area contributed by atoms with Crippen LogP contribution in [-0.4, -0.2) is 48.9 Å². The number of hydrogen-bond acceptors (Lipinski definition) is 4. The number of likely N-dealkylation sites (tertiary alicyclic amines) is 1. The summed E-state index contributed by atoms with van der Waals surface area (Å²) in [6.07, 6.45) is 0.886. The lowest BCUT2D eigenvalue weighted by molar-refractivity contribution is -0.122. The van der Waals surface area contributed by atoms with E-state index in [4.69, 9.17) is 5.73 Å². The van der Waals surface area contributed by atoms with Gasteiger partial charge in [-0.3, -0.25) is 14.5 Å². The van der Waals surface area contributed by atoms with Crippen molar-refractivity contribution < 1.29 is 9.59 Å². The molecule has 1 heterocycles. The molecule has 0 aromatic heterocycles. The molecule has 1 fully saturated rings. The summed E-state index contributed by atoms with van der Waals surface area (Å²) in [6, 6.07) is 6.85. The zero-order valence-corrected chi connectivity index (χ0v) is 16.2. The second-order valence-corrected chi connectivity index (χ2v) is 7.18. The van der Waals surface area contributed by atoms with Crippen molar-refractivity contribution in [1.82, 2.24) is 10.2 Å². The van der Waals surface area contributed by atoms with E-state index < -0.39 is 0 Å². The predicted molar refractivity (Wildman–Crippen MR) is 103 cm³/mol. The Balaban J connectivity index is 0.00000312. The summed E-state index contributed by atoms with van der Waals surface area (Å²) < 4.78 is 0. The predicted octanol–water partition coefficient (Wildman–Crippen LogP) is 1.85. The van der Waals surface area contributed by atoms with E-state index in [9.17, 15) is 9.59 Å². The van der Waals surface area contributed by atoms with Crippen molar-refractivity contribution in [2.24, 2.45) is 11.1 Å². The molecule has 0 aliphatic carbocycles. The summed E-state index contributed by atoms with van der Waals surface area (Å²) in [5.41, 5.74) is 7.31. The molecule has 0 spiro atoms. The Hall–Kier alpha value is -1.63. The third-order valence-corrected chi connectivity index (χ3v) is 4.89. The lowest BCUT2D eigenvalue weighted by Gasteiger charge is -2.44. The van der Waals surface area contributed by atoms with E-state index >= 15 is 0 Å². The molecule has 140 valence electrons. The number of anilines is 1. The fourth-order valence-electron chi connectivity index (χ4n) is 3.04. The fraction of sp³-hybridized carbons (Fsp3) is 0.556. The van der Waals surface area contributed by atoms with E-state index in [1.165, 1.54) is 0 Å². The summed E-state index contributed by atoms with van der Waals surface area (Å²) in [4.78, 5) is 26.4. The summed E-state index contributed by atoms with van der Waals surface area (Å²) >= 11 is 0. The molecule has 1 aromatic carbocycles. The van der Waals surface area contributed by atoms with Crippen molar-refractivity contribution in [3.05, 3.63) is 29.8 Å². The lowest BCUT2D eigenvalue weighted by Crippen LogP contribution is -2.56. The third kappa shape index (κ3) is 5.17. The number of carbonyl (C=O) groups is 2. The molecule has 2 rings (SSSR count). The molecular formula is C18H29ClN4O2. The van der Waals surface area contributed by atoms with Gasteiger partial charge in [0.15, 0.2) is 0 Å². The molecule has 1 aliphatic rings. The highest BCUT2D eigenvalue weighted by Gasteiger charge is 2.36. The topological polar surface area (TPSA) is 87.5 Å². The molecule has 0 bridgehead atoms. The van der Waals surface area contributed by atoms with Crippen LogP contribution in [-0.2, 0) is 4.79 Å². The van der Waals surface area contributed by atoms with Crippen molar-refractivity contribution in [1.29, 1.82) is 0 Å². The zero-order valence-electron chi connectivity index (χ0n) is 15.3. The van der Waals surface area contributed by atoms with Crippen LogP contribution in [0.25, 0.3) is 0 Å². The molecule has 1 saturated heterocycles. The number of rotatable bonds is 4. The minimum Gasteiger partial charge on any atom is -0.355 e. The van der Waals surface area contributed by atoms with Gasteiger partial charge in [-0.1, -0.05) is 19.9 Å². The number of nitrogens with zero attached hydrogens (tertiary/aromatic N) is 1. The van der Waals surface area contributed by atoms with Crippen LogP contribution in [0.4, 0.5) is 5.69 Å². The van der Waals surface area contributed by atoms with Crippen LogP contribution in [0.15, 0.2) is 24.3 Å². The number of piperidine rings is 1. The van der Waals surface area contributed by atoms with Crippen LogP contribution in [0, 0.1) is 5.41 Å². The Morgan fingerprint density at radius 2 is 2.04 bits per heavy atom. The normalized spacial score (nSPS) is 20.9. The molecule has 4 N–H and O–H groups in total. The molecule has 6 nitrogen and oxygen atoms in total. The first-order valence-corrected chi connectivity index (χ1v) is 8.37. The lowest BCUT2D eigenvalue weighted by atomic mass is 9.79. The first-order valence-electron chi connectivity index (χ1n) is 8.37. The SMILES string of the molecule is CNC(=O)c1cccc(NC(=O)C(C)N2CCC(N)C(C)(C)C2)c1.Cl. The number of carbonyl (C=O) groups excluding carboxylic acids is 2. The van der Waals surface area contributed by atoms with Gasteiger partial charge >= 0.3 is 0 Å². The highest BCUT2D eigenvalue weighted by molar-refractivity contribution is 5.98. The van der Waals surface area contributed by atoms with E-state index in [0.29, 0.717) is 11.3 Å². The van der Waals surface area contributed by atoms with Gasteiger partial charge in [-0.25, -0.2) is 0 Å². The summed E-state index contributed by atoms with van der Waals surface area (Å²) in [5.74, 6) is -0.249. The van der Waals surface area contributed by atoms with Gasteiger partial charge in [0.25, 0.3) is 5.91 Å². The number of benzene rings is 1. The first kappa shape index (κ1) is 21.4.